The predicted octanol–water partition coefficient (Wildman–Crippen LogP) is 3.48. The molecule has 2 fully saturated rings. The number of ether oxygens (including phenoxy) is 1. The number of likely N-dealkylation sites (tertiary alicyclic amines) is 1. The van der Waals surface area contributed by atoms with Gasteiger partial charge in [-0.1, -0.05) is 37.3 Å². The number of piperidine rings is 1. The third-order valence-electron chi connectivity index (χ3n) is 5.63. The van der Waals surface area contributed by atoms with Crippen molar-refractivity contribution in [3.63, 3.8) is 0 Å². The molecule has 1 atom stereocenters. The minimum atomic E-state index is -0.384. The van der Waals surface area contributed by atoms with Gasteiger partial charge >= 0.3 is 6.09 Å². The summed E-state index contributed by atoms with van der Waals surface area (Å²) < 4.78 is 5.10. The summed E-state index contributed by atoms with van der Waals surface area (Å²) in [5.74, 6) is 0.264. The number of nitrogens with zero attached hydrogens (tertiary/aromatic N) is 1. The van der Waals surface area contributed by atoms with Gasteiger partial charge in [0.1, 0.15) is 0 Å². The number of amides is 2. The summed E-state index contributed by atoms with van der Waals surface area (Å²) >= 11 is 0. The lowest BCUT2D eigenvalue weighted by atomic mass is 9.74. The smallest absolute Gasteiger partial charge is 0.407 e. The van der Waals surface area contributed by atoms with E-state index in [1.165, 1.54) is 5.56 Å². The molecule has 1 aromatic rings. The summed E-state index contributed by atoms with van der Waals surface area (Å²) in [4.78, 5) is 26.6. The fourth-order valence-electron chi connectivity index (χ4n) is 4.11. The molecule has 0 radical (unpaired) electrons. The lowest BCUT2D eigenvalue weighted by molar-refractivity contribution is -0.141. The van der Waals surface area contributed by atoms with E-state index in [1.54, 1.807) is 0 Å². The fraction of sp³-hybridized carbons (Fsp3) is 0.619. The normalized spacial score (nSPS) is 28.4. The van der Waals surface area contributed by atoms with Crippen LogP contribution in [0.2, 0.25) is 0 Å². The molecule has 1 aromatic carbocycles. The Hall–Kier alpha value is -2.04. The molecule has 3 rings (SSSR count). The molecule has 1 unspecified atom stereocenters. The molecule has 5 nitrogen and oxygen atoms in total. The molecule has 1 heterocycles. The van der Waals surface area contributed by atoms with Crippen molar-refractivity contribution in [3.8, 4) is 0 Å². The molecule has 1 N–H and O–H groups in total. The second kappa shape index (κ2) is 7.68. The number of rotatable bonds is 4. The van der Waals surface area contributed by atoms with Crippen LogP contribution in [0.3, 0.4) is 0 Å². The highest BCUT2D eigenvalue weighted by Crippen LogP contribution is 2.36. The molecule has 142 valence electrons. The van der Waals surface area contributed by atoms with Crippen LogP contribution in [0.1, 0.15) is 52.0 Å². The van der Waals surface area contributed by atoms with E-state index in [1.807, 2.05) is 24.8 Å². The van der Waals surface area contributed by atoms with Crippen molar-refractivity contribution in [1.82, 2.24) is 10.2 Å². The first-order chi connectivity index (χ1) is 12.4. The Kier molecular flexibility index (Phi) is 5.54. The van der Waals surface area contributed by atoms with Gasteiger partial charge in [-0.2, -0.15) is 0 Å². The average Bonchev–Trinajstić information content (AvgIpc) is 2.57. The van der Waals surface area contributed by atoms with Crippen LogP contribution in [-0.4, -0.2) is 42.1 Å². The molecule has 1 saturated carbocycles. The zero-order valence-electron chi connectivity index (χ0n) is 16.0. The first-order valence-electron chi connectivity index (χ1n) is 9.69. The van der Waals surface area contributed by atoms with Crippen LogP contribution in [0.4, 0.5) is 4.79 Å². The molecular formula is C21H30N2O3. The maximum Gasteiger partial charge on any atom is 0.407 e. The number of carbonyl (C=O) groups excluding carboxylic acids is 2. The van der Waals surface area contributed by atoms with Gasteiger partial charge in [0.15, 0.2) is 0 Å². The van der Waals surface area contributed by atoms with Crippen LogP contribution in [0.15, 0.2) is 30.3 Å². The second-order valence-corrected chi connectivity index (χ2v) is 8.25. The maximum absolute atomic E-state index is 12.9. The first-order valence-corrected chi connectivity index (χ1v) is 9.69. The average molecular weight is 358 g/mol. The summed E-state index contributed by atoms with van der Waals surface area (Å²) in [6.45, 7) is 7.53. The van der Waals surface area contributed by atoms with Crippen LogP contribution in [0.25, 0.3) is 0 Å². The van der Waals surface area contributed by atoms with Gasteiger partial charge in [-0.15, -0.1) is 0 Å². The summed E-state index contributed by atoms with van der Waals surface area (Å²) in [5.41, 5.74) is 1.33. The van der Waals surface area contributed by atoms with Crippen molar-refractivity contribution in [2.24, 2.45) is 5.92 Å². The number of benzene rings is 1. The van der Waals surface area contributed by atoms with Crippen molar-refractivity contribution >= 4 is 12.0 Å². The van der Waals surface area contributed by atoms with E-state index in [2.05, 4.69) is 36.5 Å². The van der Waals surface area contributed by atoms with Crippen LogP contribution >= 0.6 is 0 Å². The van der Waals surface area contributed by atoms with Gasteiger partial charge in [0.25, 0.3) is 0 Å². The van der Waals surface area contributed by atoms with Crippen LogP contribution in [0, 0.1) is 5.92 Å². The topological polar surface area (TPSA) is 58.6 Å². The van der Waals surface area contributed by atoms with E-state index >= 15 is 0 Å². The summed E-state index contributed by atoms with van der Waals surface area (Å²) in [5, 5.41) is 2.85. The van der Waals surface area contributed by atoms with Crippen molar-refractivity contribution in [3.05, 3.63) is 35.9 Å². The standard InChI is InChI=1S/C21H30N2O3/c1-15(2)26-20(25)22-18-12-16(13-18)19(24)23-11-7-10-21(3,14-23)17-8-5-4-6-9-17/h4-6,8-9,15-16,18H,7,10-14H2,1-3H3,(H,22,25). The minimum absolute atomic E-state index is 0.0254. The van der Waals surface area contributed by atoms with Crippen LogP contribution < -0.4 is 5.32 Å². The van der Waals surface area contributed by atoms with Crippen molar-refractivity contribution in [2.45, 2.75) is 64.0 Å². The number of carbonyl (C=O) groups is 2. The Morgan fingerprint density at radius 3 is 2.58 bits per heavy atom. The summed E-state index contributed by atoms with van der Waals surface area (Å²) in [7, 11) is 0. The van der Waals surface area contributed by atoms with Gasteiger partial charge in [0.2, 0.25) is 5.91 Å². The van der Waals surface area contributed by atoms with Crippen molar-refractivity contribution in [2.75, 3.05) is 13.1 Å². The van der Waals surface area contributed by atoms with Crippen molar-refractivity contribution < 1.29 is 14.3 Å². The zero-order valence-corrected chi connectivity index (χ0v) is 16.0. The number of alkyl carbamates (subject to hydrolysis) is 1. The van der Waals surface area contributed by atoms with Gasteiger partial charge in [-0.05, 0) is 45.1 Å². The van der Waals surface area contributed by atoms with E-state index in [0.29, 0.717) is 12.8 Å². The van der Waals surface area contributed by atoms with Crippen LogP contribution in [0.5, 0.6) is 0 Å². The first kappa shape index (κ1) is 18.7. The zero-order chi connectivity index (χ0) is 18.7. The Morgan fingerprint density at radius 2 is 1.92 bits per heavy atom. The van der Waals surface area contributed by atoms with E-state index in [4.69, 9.17) is 4.74 Å². The summed E-state index contributed by atoms with van der Waals surface area (Å²) in [6.07, 6.45) is 3.06. The highest BCUT2D eigenvalue weighted by Gasteiger charge is 2.41. The highest BCUT2D eigenvalue weighted by atomic mass is 16.6. The van der Waals surface area contributed by atoms with E-state index in [9.17, 15) is 9.59 Å². The molecule has 1 aliphatic carbocycles. The Morgan fingerprint density at radius 1 is 1.23 bits per heavy atom. The molecule has 0 spiro atoms. The van der Waals surface area contributed by atoms with Gasteiger partial charge < -0.3 is 15.0 Å². The molecule has 0 aromatic heterocycles. The third kappa shape index (κ3) is 4.19. The second-order valence-electron chi connectivity index (χ2n) is 8.25. The largest absolute Gasteiger partial charge is 0.447 e. The Balaban J connectivity index is 1.52. The lowest BCUT2D eigenvalue weighted by Crippen LogP contribution is -2.54. The molecule has 5 heteroatoms. The molecule has 2 amide bonds. The predicted molar refractivity (Wildman–Crippen MR) is 101 cm³/mol. The SMILES string of the molecule is CC(C)OC(=O)NC1CC(C(=O)N2CCCC(C)(c3ccccc3)C2)C1. The molecule has 26 heavy (non-hydrogen) atoms. The summed E-state index contributed by atoms with van der Waals surface area (Å²) in [6, 6.07) is 10.6. The number of hydrogen-bond donors (Lipinski definition) is 1. The molecule has 2 aliphatic rings. The van der Waals surface area contributed by atoms with Crippen molar-refractivity contribution in [1.29, 1.82) is 0 Å². The minimum Gasteiger partial charge on any atom is -0.447 e. The van der Waals surface area contributed by atoms with E-state index in [-0.39, 0.29) is 35.5 Å². The number of nitrogens with one attached hydrogen (secondary N) is 1. The maximum atomic E-state index is 12.9. The highest BCUT2D eigenvalue weighted by molar-refractivity contribution is 5.80. The molecule has 1 aliphatic heterocycles. The van der Waals surface area contributed by atoms with E-state index < -0.39 is 0 Å². The van der Waals surface area contributed by atoms with Crippen LogP contribution in [-0.2, 0) is 14.9 Å². The lowest BCUT2D eigenvalue weighted by Gasteiger charge is -2.44. The van der Waals surface area contributed by atoms with Gasteiger partial charge in [-0.25, -0.2) is 4.79 Å². The monoisotopic (exact) mass is 358 g/mol. The van der Waals surface area contributed by atoms with Gasteiger partial charge in [0.05, 0.1) is 6.10 Å². The molecular weight excluding hydrogens is 328 g/mol. The van der Waals surface area contributed by atoms with E-state index in [0.717, 1.165) is 25.9 Å². The Labute approximate surface area is 156 Å². The quantitative estimate of drug-likeness (QED) is 0.896. The fourth-order valence-corrected chi connectivity index (χ4v) is 4.11. The van der Waals surface area contributed by atoms with Gasteiger partial charge in [-0.3, -0.25) is 4.79 Å². The number of hydrogen-bond acceptors (Lipinski definition) is 3. The molecule has 1 saturated heterocycles. The van der Waals surface area contributed by atoms with Gasteiger partial charge in [0, 0.05) is 30.5 Å². The Bertz CT molecular complexity index is 640. The third-order valence-corrected chi connectivity index (χ3v) is 5.63. The molecule has 0 bridgehead atoms.